The molecular formula is C12H16F2N2O. The van der Waals surface area contributed by atoms with Crippen molar-refractivity contribution in [3.8, 4) is 0 Å². The van der Waals surface area contributed by atoms with Crippen molar-refractivity contribution < 1.29 is 13.6 Å². The van der Waals surface area contributed by atoms with Crippen LogP contribution in [-0.2, 0) is 4.79 Å². The van der Waals surface area contributed by atoms with Crippen LogP contribution < -0.4 is 10.6 Å². The van der Waals surface area contributed by atoms with Crippen molar-refractivity contribution in [2.24, 2.45) is 0 Å². The summed E-state index contributed by atoms with van der Waals surface area (Å²) in [6, 6.07) is 5.80. The second-order valence-electron chi connectivity index (χ2n) is 3.75. The van der Waals surface area contributed by atoms with Gasteiger partial charge in [0.05, 0.1) is 6.04 Å². The minimum absolute atomic E-state index is 0.107. The van der Waals surface area contributed by atoms with Crippen LogP contribution in [0, 0.1) is 0 Å². The predicted octanol–water partition coefficient (Wildman–Crippen LogP) is 3.10. The molecule has 0 aliphatic rings. The third-order valence-corrected chi connectivity index (χ3v) is 2.24. The lowest BCUT2D eigenvalue weighted by Crippen LogP contribution is -2.23. The van der Waals surface area contributed by atoms with Gasteiger partial charge in [0.15, 0.2) is 0 Å². The van der Waals surface area contributed by atoms with Gasteiger partial charge in [0.2, 0.25) is 5.91 Å². The van der Waals surface area contributed by atoms with Gasteiger partial charge in [-0.1, -0.05) is 13.0 Å². The molecule has 1 unspecified atom stereocenters. The number of carbonyl (C=O) groups excluding carboxylic acids is 1. The largest absolute Gasteiger partial charge is 0.377 e. The second kappa shape index (κ2) is 6.18. The lowest BCUT2D eigenvalue weighted by Gasteiger charge is -2.15. The van der Waals surface area contributed by atoms with Crippen LogP contribution in [0.3, 0.4) is 0 Å². The summed E-state index contributed by atoms with van der Waals surface area (Å²) in [7, 11) is 0. The first-order chi connectivity index (χ1) is 8.02. The number of anilines is 2. The van der Waals surface area contributed by atoms with Gasteiger partial charge >= 0.3 is 0 Å². The van der Waals surface area contributed by atoms with E-state index in [0.29, 0.717) is 17.8 Å². The maximum atomic E-state index is 12.3. The Hall–Kier alpha value is -1.65. The molecule has 0 fully saturated rings. The van der Waals surface area contributed by atoms with Crippen LogP contribution in [0.4, 0.5) is 20.2 Å². The summed E-state index contributed by atoms with van der Waals surface area (Å²) in [5.41, 5.74) is 1.16. The molecule has 0 saturated carbocycles. The standard InChI is InChI=1S/C12H16F2N2O/c1-3-11(17)16-10-6-4-5-9(7-10)15-8(2)12(13)14/h4-8,12,15H,3H2,1-2H3,(H,16,17). The summed E-state index contributed by atoms with van der Waals surface area (Å²) in [5, 5.41) is 5.34. The van der Waals surface area contributed by atoms with Gasteiger partial charge in [-0.05, 0) is 25.1 Å². The molecule has 0 radical (unpaired) electrons. The van der Waals surface area contributed by atoms with Crippen molar-refractivity contribution >= 4 is 17.3 Å². The second-order valence-corrected chi connectivity index (χ2v) is 3.75. The fourth-order valence-corrected chi connectivity index (χ4v) is 1.26. The first-order valence-electron chi connectivity index (χ1n) is 5.47. The zero-order chi connectivity index (χ0) is 12.8. The molecule has 0 saturated heterocycles. The van der Waals surface area contributed by atoms with E-state index in [2.05, 4.69) is 10.6 Å². The van der Waals surface area contributed by atoms with Crippen LogP contribution in [0.5, 0.6) is 0 Å². The molecule has 0 aliphatic heterocycles. The lowest BCUT2D eigenvalue weighted by molar-refractivity contribution is -0.115. The topological polar surface area (TPSA) is 41.1 Å². The summed E-state index contributed by atoms with van der Waals surface area (Å²) in [6.07, 6.45) is -2.05. The van der Waals surface area contributed by atoms with Gasteiger partial charge in [-0.2, -0.15) is 0 Å². The minimum atomic E-state index is -2.43. The van der Waals surface area contributed by atoms with Gasteiger partial charge in [0, 0.05) is 17.8 Å². The highest BCUT2D eigenvalue weighted by atomic mass is 19.3. The fourth-order valence-electron chi connectivity index (χ4n) is 1.26. The summed E-state index contributed by atoms with van der Waals surface area (Å²) in [4.78, 5) is 11.2. The van der Waals surface area contributed by atoms with Gasteiger partial charge in [-0.25, -0.2) is 8.78 Å². The Kier molecular flexibility index (Phi) is 4.87. The third-order valence-electron chi connectivity index (χ3n) is 2.24. The quantitative estimate of drug-likeness (QED) is 0.833. The zero-order valence-electron chi connectivity index (χ0n) is 9.84. The van der Waals surface area contributed by atoms with Crippen LogP contribution in [0.2, 0.25) is 0 Å². The molecule has 1 amide bonds. The monoisotopic (exact) mass is 242 g/mol. The summed E-state index contributed by atoms with van der Waals surface area (Å²) >= 11 is 0. The summed E-state index contributed by atoms with van der Waals surface area (Å²) in [6.45, 7) is 3.15. The molecule has 94 valence electrons. The van der Waals surface area contributed by atoms with Gasteiger partial charge in [0.1, 0.15) is 0 Å². The van der Waals surface area contributed by atoms with E-state index < -0.39 is 12.5 Å². The lowest BCUT2D eigenvalue weighted by atomic mass is 10.2. The first-order valence-corrected chi connectivity index (χ1v) is 5.47. The molecule has 1 aromatic rings. The van der Waals surface area contributed by atoms with Crippen molar-refractivity contribution in [1.29, 1.82) is 0 Å². The van der Waals surface area contributed by atoms with E-state index in [4.69, 9.17) is 0 Å². The Morgan fingerprint density at radius 3 is 2.59 bits per heavy atom. The van der Waals surface area contributed by atoms with E-state index in [9.17, 15) is 13.6 Å². The normalized spacial score (nSPS) is 12.3. The molecular weight excluding hydrogens is 226 g/mol. The Labute approximate surface area is 99.2 Å². The number of hydrogen-bond acceptors (Lipinski definition) is 2. The molecule has 3 nitrogen and oxygen atoms in total. The zero-order valence-corrected chi connectivity index (χ0v) is 9.84. The Morgan fingerprint density at radius 1 is 1.35 bits per heavy atom. The molecule has 0 heterocycles. The molecule has 17 heavy (non-hydrogen) atoms. The molecule has 0 aromatic heterocycles. The molecule has 0 bridgehead atoms. The number of rotatable bonds is 5. The third kappa shape index (κ3) is 4.38. The molecule has 1 atom stereocenters. The SMILES string of the molecule is CCC(=O)Nc1cccc(NC(C)C(F)F)c1. The fraction of sp³-hybridized carbons (Fsp3) is 0.417. The molecule has 1 rings (SSSR count). The maximum absolute atomic E-state index is 12.3. The van der Waals surface area contributed by atoms with Crippen LogP contribution in [-0.4, -0.2) is 18.4 Å². The highest BCUT2D eigenvalue weighted by Crippen LogP contribution is 2.17. The van der Waals surface area contributed by atoms with Gasteiger partial charge in [0.25, 0.3) is 6.43 Å². The Bertz CT molecular complexity index is 383. The van der Waals surface area contributed by atoms with Crippen molar-refractivity contribution in [3.63, 3.8) is 0 Å². The van der Waals surface area contributed by atoms with Crippen molar-refractivity contribution in [2.75, 3.05) is 10.6 Å². The Balaban J connectivity index is 2.69. The Morgan fingerprint density at radius 2 is 2.00 bits per heavy atom. The number of alkyl halides is 2. The number of carbonyl (C=O) groups is 1. The number of hydrogen-bond donors (Lipinski definition) is 2. The molecule has 2 N–H and O–H groups in total. The molecule has 0 aliphatic carbocycles. The number of amides is 1. The smallest absolute Gasteiger partial charge is 0.258 e. The van der Waals surface area contributed by atoms with Crippen LogP contribution >= 0.6 is 0 Å². The van der Waals surface area contributed by atoms with Crippen molar-refractivity contribution in [1.82, 2.24) is 0 Å². The first kappa shape index (κ1) is 13.4. The number of halogens is 2. The summed E-state index contributed by atoms with van der Waals surface area (Å²) in [5.74, 6) is -0.107. The highest BCUT2D eigenvalue weighted by molar-refractivity contribution is 5.90. The summed E-state index contributed by atoms with van der Waals surface area (Å²) < 4.78 is 24.7. The van der Waals surface area contributed by atoms with Crippen LogP contribution in [0.1, 0.15) is 20.3 Å². The maximum Gasteiger partial charge on any atom is 0.258 e. The van der Waals surface area contributed by atoms with E-state index in [0.717, 1.165) is 0 Å². The van der Waals surface area contributed by atoms with Gasteiger partial charge in [-0.3, -0.25) is 4.79 Å². The number of benzene rings is 1. The average Bonchev–Trinajstić information content (AvgIpc) is 2.29. The van der Waals surface area contributed by atoms with Crippen molar-refractivity contribution in [2.45, 2.75) is 32.7 Å². The van der Waals surface area contributed by atoms with E-state index in [1.165, 1.54) is 6.92 Å². The van der Waals surface area contributed by atoms with E-state index in [1.807, 2.05) is 0 Å². The van der Waals surface area contributed by atoms with E-state index in [-0.39, 0.29) is 5.91 Å². The molecule has 1 aromatic carbocycles. The highest BCUT2D eigenvalue weighted by Gasteiger charge is 2.13. The van der Waals surface area contributed by atoms with Gasteiger partial charge in [-0.15, -0.1) is 0 Å². The molecule has 5 heteroatoms. The molecule has 0 spiro atoms. The van der Waals surface area contributed by atoms with Crippen LogP contribution in [0.15, 0.2) is 24.3 Å². The van der Waals surface area contributed by atoms with E-state index in [1.54, 1.807) is 31.2 Å². The minimum Gasteiger partial charge on any atom is -0.377 e. The number of nitrogens with one attached hydrogen (secondary N) is 2. The average molecular weight is 242 g/mol. The van der Waals surface area contributed by atoms with Crippen LogP contribution in [0.25, 0.3) is 0 Å². The predicted molar refractivity (Wildman–Crippen MR) is 64.5 cm³/mol. The van der Waals surface area contributed by atoms with Crippen molar-refractivity contribution in [3.05, 3.63) is 24.3 Å². The van der Waals surface area contributed by atoms with E-state index >= 15 is 0 Å². The van der Waals surface area contributed by atoms with Gasteiger partial charge < -0.3 is 10.6 Å².